The van der Waals surface area contributed by atoms with Crippen molar-refractivity contribution in [1.29, 1.82) is 0 Å². The fraction of sp³-hybridized carbons (Fsp3) is 0.611. The van der Waals surface area contributed by atoms with Crippen LogP contribution in [0.4, 0.5) is 4.79 Å². The molecule has 0 fully saturated rings. The Morgan fingerprint density at radius 1 is 1.16 bits per heavy atom. The molecule has 138 valence electrons. The summed E-state index contributed by atoms with van der Waals surface area (Å²) < 4.78 is 10.8. The summed E-state index contributed by atoms with van der Waals surface area (Å²) in [7, 11) is 0. The smallest absolute Gasteiger partial charge is 0.407 e. The number of fused-ring (bicyclic) bond motifs is 1. The van der Waals surface area contributed by atoms with Gasteiger partial charge in [-0.05, 0) is 52.5 Å². The molecule has 0 spiro atoms. The molecule has 2 rings (SSSR count). The molecule has 1 heterocycles. The number of ether oxygens (including phenoxy) is 2. The molecule has 0 radical (unpaired) electrons. The van der Waals surface area contributed by atoms with E-state index in [-0.39, 0.29) is 12.5 Å². The quantitative estimate of drug-likeness (QED) is 0.767. The number of aryl methyl sites for hydroxylation is 1. The Bertz CT molecular complexity index is 611. The molecule has 2 N–H and O–H groups in total. The number of hydrogen-bond donors (Lipinski definition) is 2. The average Bonchev–Trinajstić information content (AvgIpc) is 2.55. The van der Waals surface area contributed by atoms with Crippen molar-refractivity contribution in [3.8, 4) is 5.75 Å². The summed E-state index contributed by atoms with van der Waals surface area (Å²) >= 11 is 0. The van der Waals surface area contributed by atoms with Crippen molar-refractivity contribution in [1.82, 2.24) is 15.6 Å². The number of aromatic nitrogens is 1. The van der Waals surface area contributed by atoms with E-state index in [0.29, 0.717) is 13.1 Å². The largest absolute Gasteiger partial charge is 0.483 e. The first-order valence-electron chi connectivity index (χ1n) is 8.68. The predicted octanol–water partition coefficient (Wildman–Crippen LogP) is 1.98. The summed E-state index contributed by atoms with van der Waals surface area (Å²) in [4.78, 5) is 27.7. The van der Waals surface area contributed by atoms with Gasteiger partial charge >= 0.3 is 6.09 Å². The second kappa shape index (κ2) is 8.69. The zero-order valence-corrected chi connectivity index (χ0v) is 15.2. The van der Waals surface area contributed by atoms with Crippen molar-refractivity contribution in [2.75, 3.05) is 19.7 Å². The maximum atomic E-state index is 11.9. The number of amides is 2. The van der Waals surface area contributed by atoms with Crippen molar-refractivity contribution < 1.29 is 19.1 Å². The Morgan fingerprint density at radius 3 is 2.64 bits per heavy atom. The molecular weight excluding hydrogens is 322 g/mol. The Labute approximate surface area is 148 Å². The van der Waals surface area contributed by atoms with Crippen molar-refractivity contribution in [3.63, 3.8) is 0 Å². The van der Waals surface area contributed by atoms with Gasteiger partial charge in [-0.3, -0.25) is 9.78 Å². The number of hydrogen-bond acceptors (Lipinski definition) is 5. The van der Waals surface area contributed by atoms with Crippen molar-refractivity contribution in [2.24, 2.45) is 0 Å². The molecule has 7 nitrogen and oxygen atoms in total. The minimum Gasteiger partial charge on any atom is -0.483 e. The fourth-order valence-electron chi connectivity index (χ4n) is 2.60. The van der Waals surface area contributed by atoms with Gasteiger partial charge in [-0.2, -0.15) is 0 Å². The maximum Gasteiger partial charge on any atom is 0.407 e. The van der Waals surface area contributed by atoms with Gasteiger partial charge in [0.2, 0.25) is 0 Å². The standard InChI is InChI=1S/C18H27N3O4/c1-18(2,3)25-17(23)21-11-10-20-16(22)12-24-15-8-9-19-14-7-5-4-6-13(14)15/h8-9H,4-7,10-12H2,1-3H3,(H,20,22)(H,21,23). The minimum atomic E-state index is -0.537. The first-order chi connectivity index (χ1) is 11.8. The first kappa shape index (κ1) is 19.0. The van der Waals surface area contributed by atoms with Gasteiger partial charge in [0.25, 0.3) is 5.91 Å². The zero-order chi connectivity index (χ0) is 18.3. The number of carbonyl (C=O) groups is 2. The van der Waals surface area contributed by atoms with E-state index in [1.807, 2.05) is 6.07 Å². The van der Waals surface area contributed by atoms with Gasteiger partial charge < -0.3 is 20.1 Å². The lowest BCUT2D eigenvalue weighted by atomic mass is 9.95. The molecule has 0 bridgehead atoms. The summed E-state index contributed by atoms with van der Waals surface area (Å²) in [5, 5.41) is 5.29. The number of carbonyl (C=O) groups excluding carboxylic acids is 2. The van der Waals surface area contributed by atoms with Crippen LogP contribution in [-0.2, 0) is 22.4 Å². The third kappa shape index (κ3) is 6.60. The first-order valence-corrected chi connectivity index (χ1v) is 8.68. The van der Waals surface area contributed by atoms with E-state index < -0.39 is 11.7 Å². The molecule has 0 saturated heterocycles. The molecule has 0 aliphatic heterocycles. The second-order valence-electron chi connectivity index (χ2n) is 7.01. The number of nitrogens with one attached hydrogen (secondary N) is 2. The number of pyridine rings is 1. The van der Waals surface area contributed by atoms with E-state index in [0.717, 1.165) is 42.7 Å². The van der Waals surface area contributed by atoms with E-state index >= 15 is 0 Å². The van der Waals surface area contributed by atoms with E-state index in [1.165, 1.54) is 0 Å². The third-order valence-electron chi connectivity index (χ3n) is 3.67. The highest BCUT2D eigenvalue weighted by Gasteiger charge is 2.17. The van der Waals surface area contributed by atoms with Gasteiger partial charge in [0.05, 0.1) is 0 Å². The third-order valence-corrected chi connectivity index (χ3v) is 3.67. The van der Waals surface area contributed by atoms with E-state index in [9.17, 15) is 9.59 Å². The van der Waals surface area contributed by atoms with Crippen LogP contribution in [0.5, 0.6) is 5.75 Å². The molecule has 7 heteroatoms. The average molecular weight is 349 g/mol. The van der Waals surface area contributed by atoms with Crippen LogP contribution in [0.2, 0.25) is 0 Å². The van der Waals surface area contributed by atoms with Gasteiger partial charge in [-0.25, -0.2) is 4.79 Å². The van der Waals surface area contributed by atoms with Crippen LogP contribution in [0.3, 0.4) is 0 Å². The molecule has 1 aliphatic rings. The summed E-state index contributed by atoms with van der Waals surface area (Å²) in [6.45, 7) is 5.95. The Kier molecular flexibility index (Phi) is 6.61. The van der Waals surface area contributed by atoms with E-state index in [4.69, 9.17) is 9.47 Å². The predicted molar refractivity (Wildman–Crippen MR) is 93.6 cm³/mol. The molecule has 0 atom stereocenters. The van der Waals surface area contributed by atoms with Crippen LogP contribution in [0.15, 0.2) is 12.3 Å². The SMILES string of the molecule is CC(C)(C)OC(=O)NCCNC(=O)COc1ccnc2c1CCCC2. The molecule has 1 aliphatic carbocycles. The Hall–Kier alpha value is -2.31. The maximum absolute atomic E-state index is 11.9. The fourth-order valence-corrected chi connectivity index (χ4v) is 2.60. The number of alkyl carbamates (subject to hydrolysis) is 1. The highest BCUT2D eigenvalue weighted by molar-refractivity contribution is 5.77. The van der Waals surface area contributed by atoms with Crippen LogP contribution >= 0.6 is 0 Å². The highest BCUT2D eigenvalue weighted by atomic mass is 16.6. The number of rotatable bonds is 6. The molecule has 0 saturated carbocycles. The summed E-state index contributed by atoms with van der Waals surface area (Å²) in [5.41, 5.74) is 1.66. The molecule has 25 heavy (non-hydrogen) atoms. The second-order valence-corrected chi connectivity index (χ2v) is 7.01. The van der Waals surface area contributed by atoms with E-state index in [2.05, 4.69) is 15.6 Å². The molecular formula is C18H27N3O4. The lowest BCUT2D eigenvalue weighted by Crippen LogP contribution is -2.39. The summed E-state index contributed by atoms with van der Waals surface area (Å²) in [6, 6.07) is 1.81. The zero-order valence-electron chi connectivity index (χ0n) is 15.2. The van der Waals surface area contributed by atoms with Crippen molar-refractivity contribution in [2.45, 2.75) is 52.1 Å². The van der Waals surface area contributed by atoms with E-state index in [1.54, 1.807) is 27.0 Å². The van der Waals surface area contributed by atoms with Crippen molar-refractivity contribution >= 4 is 12.0 Å². The normalized spacial score (nSPS) is 13.6. The molecule has 2 amide bonds. The van der Waals surface area contributed by atoms with Gasteiger partial charge in [0, 0.05) is 30.5 Å². The van der Waals surface area contributed by atoms with Gasteiger partial charge in [-0.15, -0.1) is 0 Å². The summed E-state index contributed by atoms with van der Waals surface area (Å²) in [6.07, 6.45) is 5.41. The highest BCUT2D eigenvalue weighted by Crippen LogP contribution is 2.27. The van der Waals surface area contributed by atoms with Crippen LogP contribution < -0.4 is 15.4 Å². The van der Waals surface area contributed by atoms with Crippen LogP contribution in [0.1, 0.15) is 44.9 Å². The van der Waals surface area contributed by atoms with Crippen LogP contribution in [-0.4, -0.2) is 42.3 Å². The summed E-state index contributed by atoms with van der Waals surface area (Å²) in [5.74, 6) is 0.513. The topological polar surface area (TPSA) is 89.6 Å². The lowest BCUT2D eigenvalue weighted by Gasteiger charge is -2.19. The lowest BCUT2D eigenvalue weighted by molar-refractivity contribution is -0.123. The van der Waals surface area contributed by atoms with Crippen LogP contribution in [0.25, 0.3) is 0 Å². The molecule has 0 aromatic carbocycles. The molecule has 0 unspecified atom stereocenters. The van der Waals surface area contributed by atoms with Gasteiger partial charge in [0.15, 0.2) is 6.61 Å². The molecule has 1 aromatic rings. The van der Waals surface area contributed by atoms with Crippen LogP contribution in [0, 0.1) is 0 Å². The van der Waals surface area contributed by atoms with Gasteiger partial charge in [0.1, 0.15) is 11.4 Å². The molecule has 1 aromatic heterocycles. The Morgan fingerprint density at radius 2 is 1.88 bits per heavy atom. The minimum absolute atomic E-state index is 0.0527. The number of nitrogens with zero attached hydrogens (tertiary/aromatic N) is 1. The van der Waals surface area contributed by atoms with Gasteiger partial charge in [-0.1, -0.05) is 0 Å². The monoisotopic (exact) mass is 349 g/mol. The van der Waals surface area contributed by atoms with Crippen molar-refractivity contribution in [3.05, 3.63) is 23.5 Å². The Balaban J connectivity index is 1.67.